The summed E-state index contributed by atoms with van der Waals surface area (Å²) in [4.78, 5) is 13.8. The van der Waals surface area contributed by atoms with Crippen LogP contribution in [0.1, 0.15) is 33.1 Å². The number of aliphatic hydroxyl groups is 1. The summed E-state index contributed by atoms with van der Waals surface area (Å²) in [5.41, 5.74) is 0. The summed E-state index contributed by atoms with van der Waals surface area (Å²) in [6, 6.07) is 0.565. The first kappa shape index (κ1) is 11.7. The minimum atomic E-state index is 0.157. The van der Waals surface area contributed by atoms with E-state index in [1.165, 1.54) is 12.8 Å². The molecule has 0 radical (unpaired) electrons. The van der Waals surface area contributed by atoms with Crippen LogP contribution in [0.5, 0.6) is 0 Å². The monoisotopic (exact) mass is 199 g/mol. The molecule has 0 spiro atoms. The molecular weight excluding hydrogens is 178 g/mol. The minimum absolute atomic E-state index is 0.157. The van der Waals surface area contributed by atoms with Crippen molar-refractivity contribution in [3.8, 4) is 0 Å². The van der Waals surface area contributed by atoms with Crippen molar-refractivity contribution < 1.29 is 9.90 Å². The van der Waals surface area contributed by atoms with Gasteiger partial charge in [0.05, 0.1) is 13.2 Å². The lowest BCUT2D eigenvalue weighted by molar-refractivity contribution is -0.123. The third-order valence-corrected chi connectivity index (χ3v) is 2.97. The van der Waals surface area contributed by atoms with Gasteiger partial charge in [0.2, 0.25) is 0 Å². The predicted molar refractivity (Wildman–Crippen MR) is 56.1 cm³/mol. The zero-order chi connectivity index (χ0) is 10.6. The van der Waals surface area contributed by atoms with Crippen molar-refractivity contribution in [1.82, 2.24) is 4.90 Å². The van der Waals surface area contributed by atoms with E-state index in [2.05, 4.69) is 4.90 Å². The molecule has 1 aliphatic carbocycles. The van der Waals surface area contributed by atoms with Crippen molar-refractivity contribution in [3.05, 3.63) is 0 Å². The number of aliphatic hydroxyl groups excluding tert-OH is 1. The molecule has 82 valence electrons. The summed E-state index contributed by atoms with van der Waals surface area (Å²) in [7, 11) is 0. The molecule has 1 saturated carbocycles. The van der Waals surface area contributed by atoms with Crippen LogP contribution in [0.3, 0.4) is 0 Å². The van der Waals surface area contributed by atoms with E-state index in [1.807, 2.05) is 13.8 Å². The third-order valence-electron chi connectivity index (χ3n) is 2.97. The zero-order valence-electron chi connectivity index (χ0n) is 9.20. The standard InChI is InChI=1S/C11H21NO2/c1-3-9(2)11(14)8-12(6-7-13)10-4-5-10/h9-10,13H,3-8H2,1-2H3. The van der Waals surface area contributed by atoms with E-state index in [1.54, 1.807) is 0 Å². The minimum Gasteiger partial charge on any atom is -0.395 e. The quantitative estimate of drug-likeness (QED) is 0.666. The first-order valence-electron chi connectivity index (χ1n) is 5.56. The first-order chi connectivity index (χ1) is 6.69. The Morgan fingerprint density at radius 2 is 2.21 bits per heavy atom. The average Bonchev–Trinajstić information content (AvgIpc) is 2.99. The smallest absolute Gasteiger partial charge is 0.149 e. The van der Waals surface area contributed by atoms with Gasteiger partial charge in [-0.05, 0) is 19.3 Å². The number of hydrogen-bond donors (Lipinski definition) is 1. The highest BCUT2D eigenvalue weighted by Gasteiger charge is 2.30. The molecular formula is C11H21NO2. The lowest BCUT2D eigenvalue weighted by Crippen LogP contribution is -2.36. The van der Waals surface area contributed by atoms with Crippen LogP contribution in [0.4, 0.5) is 0 Å². The van der Waals surface area contributed by atoms with Crippen LogP contribution in [0, 0.1) is 5.92 Å². The van der Waals surface area contributed by atoms with Gasteiger partial charge in [-0.3, -0.25) is 9.69 Å². The van der Waals surface area contributed by atoms with E-state index in [-0.39, 0.29) is 12.5 Å². The molecule has 0 aromatic heterocycles. The van der Waals surface area contributed by atoms with E-state index in [4.69, 9.17) is 5.11 Å². The second-order valence-electron chi connectivity index (χ2n) is 4.20. The van der Waals surface area contributed by atoms with Crippen LogP contribution in [0.2, 0.25) is 0 Å². The normalized spacial score (nSPS) is 18.6. The molecule has 0 aromatic carbocycles. The number of hydrogen-bond acceptors (Lipinski definition) is 3. The van der Waals surface area contributed by atoms with Crippen LogP contribution in [-0.4, -0.2) is 41.5 Å². The maximum absolute atomic E-state index is 11.7. The Balaban J connectivity index is 2.34. The Hall–Kier alpha value is -0.410. The molecule has 1 rings (SSSR count). The maximum atomic E-state index is 11.7. The van der Waals surface area contributed by atoms with Gasteiger partial charge in [-0.15, -0.1) is 0 Å². The van der Waals surface area contributed by atoms with E-state index in [9.17, 15) is 4.79 Å². The topological polar surface area (TPSA) is 40.5 Å². The van der Waals surface area contributed by atoms with Gasteiger partial charge in [0, 0.05) is 18.5 Å². The van der Waals surface area contributed by atoms with E-state index >= 15 is 0 Å². The van der Waals surface area contributed by atoms with Gasteiger partial charge in [-0.2, -0.15) is 0 Å². The Morgan fingerprint density at radius 3 is 2.64 bits per heavy atom. The highest BCUT2D eigenvalue weighted by atomic mass is 16.3. The number of ketones is 1. The van der Waals surface area contributed by atoms with Crippen molar-refractivity contribution in [2.75, 3.05) is 19.7 Å². The predicted octanol–water partition coefficient (Wildman–Crippen LogP) is 1.06. The molecule has 1 atom stereocenters. The summed E-state index contributed by atoms with van der Waals surface area (Å²) in [6.45, 7) is 5.35. The van der Waals surface area contributed by atoms with Gasteiger partial charge >= 0.3 is 0 Å². The lowest BCUT2D eigenvalue weighted by Gasteiger charge is -2.21. The Bertz CT molecular complexity index is 190. The zero-order valence-corrected chi connectivity index (χ0v) is 9.20. The first-order valence-corrected chi connectivity index (χ1v) is 5.56. The molecule has 1 N–H and O–H groups in total. The Labute approximate surface area is 86.1 Å². The highest BCUT2D eigenvalue weighted by Crippen LogP contribution is 2.26. The molecule has 14 heavy (non-hydrogen) atoms. The number of Topliss-reactive ketones (excluding diaryl/α,β-unsaturated/α-hetero) is 1. The molecule has 0 aromatic rings. The van der Waals surface area contributed by atoms with Crippen LogP contribution in [0.15, 0.2) is 0 Å². The number of carbonyl (C=O) groups is 1. The summed E-state index contributed by atoms with van der Waals surface area (Å²) >= 11 is 0. The molecule has 1 unspecified atom stereocenters. The Kier molecular flexibility index (Phi) is 4.55. The van der Waals surface area contributed by atoms with Crippen LogP contribution < -0.4 is 0 Å². The molecule has 1 aliphatic rings. The molecule has 0 amide bonds. The van der Waals surface area contributed by atoms with Crippen molar-refractivity contribution >= 4 is 5.78 Å². The maximum Gasteiger partial charge on any atom is 0.149 e. The second kappa shape index (κ2) is 5.47. The second-order valence-corrected chi connectivity index (χ2v) is 4.20. The van der Waals surface area contributed by atoms with E-state index in [0.717, 1.165) is 6.42 Å². The fourth-order valence-electron chi connectivity index (χ4n) is 1.54. The van der Waals surface area contributed by atoms with E-state index in [0.29, 0.717) is 24.9 Å². The molecule has 1 fully saturated rings. The van der Waals surface area contributed by atoms with Gasteiger partial charge in [-0.25, -0.2) is 0 Å². The van der Waals surface area contributed by atoms with Gasteiger partial charge in [-0.1, -0.05) is 13.8 Å². The highest BCUT2D eigenvalue weighted by molar-refractivity contribution is 5.82. The van der Waals surface area contributed by atoms with Gasteiger partial charge in [0.15, 0.2) is 0 Å². The summed E-state index contributed by atoms with van der Waals surface area (Å²) in [5.74, 6) is 0.475. The average molecular weight is 199 g/mol. The summed E-state index contributed by atoms with van der Waals surface area (Å²) in [5, 5.41) is 8.87. The van der Waals surface area contributed by atoms with Crippen molar-refractivity contribution in [3.63, 3.8) is 0 Å². The van der Waals surface area contributed by atoms with Crippen LogP contribution >= 0.6 is 0 Å². The molecule has 0 saturated heterocycles. The summed E-state index contributed by atoms with van der Waals surface area (Å²) in [6.07, 6.45) is 3.29. The SMILES string of the molecule is CCC(C)C(=O)CN(CCO)C1CC1. The fourth-order valence-corrected chi connectivity index (χ4v) is 1.54. The number of carbonyl (C=O) groups excluding carboxylic acids is 1. The number of rotatable bonds is 7. The van der Waals surface area contributed by atoms with Gasteiger partial charge < -0.3 is 5.11 Å². The molecule has 0 aliphatic heterocycles. The van der Waals surface area contributed by atoms with E-state index < -0.39 is 0 Å². The lowest BCUT2D eigenvalue weighted by atomic mass is 10.0. The Morgan fingerprint density at radius 1 is 1.57 bits per heavy atom. The molecule has 3 nitrogen and oxygen atoms in total. The van der Waals surface area contributed by atoms with Gasteiger partial charge in [0.1, 0.15) is 5.78 Å². The van der Waals surface area contributed by atoms with Crippen LogP contribution in [0.25, 0.3) is 0 Å². The third kappa shape index (κ3) is 3.39. The van der Waals surface area contributed by atoms with Crippen molar-refractivity contribution in [1.29, 1.82) is 0 Å². The molecule has 0 heterocycles. The molecule has 3 heteroatoms. The van der Waals surface area contributed by atoms with Crippen LogP contribution in [-0.2, 0) is 4.79 Å². The fraction of sp³-hybridized carbons (Fsp3) is 0.909. The van der Waals surface area contributed by atoms with Gasteiger partial charge in [0.25, 0.3) is 0 Å². The largest absolute Gasteiger partial charge is 0.395 e. The summed E-state index contributed by atoms with van der Waals surface area (Å²) < 4.78 is 0. The van der Waals surface area contributed by atoms with Crippen molar-refractivity contribution in [2.24, 2.45) is 5.92 Å². The van der Waals surface area contributed by atoms with Crippen molar-refractivity contribution in [2.45, 2.75) is 39.2 Å². The molecule has 0 bridgehead atoms. The number of nitrogens with zero attached hydrogens (tertiary/aromatic N) is 1.